The van der Waals surface area contributed by atoms with Gasteiger partial charge in [0.05, 0.1) is 6.54 Å². The zero-order chi connectivity index (χ0) is 9.84. The highest BCUT2D eigenvalue weighted by molar-refractivity contribution is 5.18. The van der Waals surface area contributed by atoms with Crippen LogP contribution in [0.5, 0.6) is 0 Å². The van der Waals surface area contributed by atoms with Gasteiger partial charge in [-0.25, -0.2) is 0 Å². The van der Waals surface area contributed by atoms with E-state index in [2.05, 4.69) is 56.3 Å². The SMILES string of the molecule is CC(C)NC1=CC=CN(C(C)C)C1. The Bertz CT molecular complexity index is 214. The van der Waals surface area contributed by atoms with Crippen LogP contribution in [0.4, 0.5) is 0 Å². The highest BCUT2D eigenvalue weighted by atomic mass is 15.2. The first-order valence-electron chi connectivity index (χ1n) is 4.99. The van der Waals surface area contributed by atoms with Gasteiger partial charge in [0.15, 0.2) is 0 Å². The molecule has 0 spiro atoms. The summed E-state index contributed by atoms with van der Waals surface area (Å²) < 4.78 is 0. The third-order valence-electron chi connectivity index (χ3n) is 2.07. The Morgan fingerprint density at radius 1 is 1.31 bits per heavy atom. The first-order chi connectivity index (χ1) is 6.09. The highest BCUT2D eigenvalue weighted by Gasteiger charge is 2.10. The summed E-state index contributed by atoms with van der Waals surface area (Å²) in [6.07, 6.45) is 6.41. The first-order valence-corrected chi connectivity index (χ1v) is 4.99. The third-order valence-corrected chi connectivity index (χ3v) is 2.07. The number of hydrogen-bond donors (Lipinski definition) is 1. The zero-order valence-electron chi connectivity index (χ0n) is 9.04. The molecule has 1 heterocycles. The van der Waals surface area contributed by atoms with Crippen LogP contribution in [-0.4, -0.2) is 23.5 Å². The van der Waals surface area contributed by atoms with Crippen LogP contribution < -0.4 is 5.32 Å². The van der Waals surface area contributed by atoms with Crippen LogP contribution in [0.15, 0.2) is 24.0 Å². The molecule has 74 valence electrons. The summed E-state index contributed by atoms with van der Waals surface area (Å²) >= 11 is 0. The fourth-order valence-corrected chi connectivity index (χ4v) is 1.39. The molecule has 1 rings (SSSR count). The third kappa shape index (κ3) is 3.13. The molecule has 0 saturated carbocycles. The second-order valence-corrected chi connectivity index (χ2v) is 4.10. The van der Waals surface area contributed by atoms with E-state index in [4.69, 9.17) is 0 Å². The largest absolute Gasteiger partial charge is 0.385 e. The standard InChI is InChI=1S/C11H20N2/c1-9(2)12-11-6-5-7-13(8-11)10(3)4/h5-7,9-10,12H,8H2,1-4H3. The molecule has 0 aromatic heterocycles. The molecule has 0 radical (unpaired) electrons. The monoisotopic (exact) mass is 180 g/mol. The van der Waals surface area contributed by atoms with E-state index in [0.29, 0.717) is 12.1 Å². The molecule has 0 atom stereocenters. The number of nitrogens with one attached hydrogen (secondary N) is 1. The molecule has 1 aliphatic heterocycles. The summed E-state index contributed by atoms with van der Waals surface area (Å²) in [4.78, 5) is 2.32. The van der Waals surface area contributed by atoms with E-state index in [9.17, 15) is 0 Å². The zero-order valence-corrected chi connectivity index (χ0v) is 9.04. The van der Waals surface area contributed by atoms with Crippen LogP contribution in [-0.2, 0) is 0 Å². The first kappa shape index (κ1) is 10.2. The van der Waals surface area contributed by atoms with Gasteiger partial charge in [0.25, 0.3) is 0 Å². The molecule has 0 aliphatic carbocycles. The molecule has 1 N–H and O–H groups in total. The van der Waals surface area contributed by atoms with Gasteiger partial charge in [0, 0.05) is 17.8 Å². The van der Waals surface area contributed by atoms with Crippen LogP contribution in [0.25, 0.3) is 0 Å². The van der Waals surface area contributed by atoms with Crippen LogP contribution in [0.1, 0.15) is 27.7 Å². The molecule has 0 fully saturated rings. The molecule has 0 bridgehead atoms. The van der Waals surface area contributed by atoms with E-state index in [1.54, 1.807) is 0 Å². The smallest absolute Gasteiger partial charge is 0.0573 e. The van der Waals surface area contributed by atoms with Crippen LogP contribution in [0.3, 0.4) is 0 Å². The number of hydrogen-bond acceptors (Lipinski definition) is 2. The molecule has 2 heteroatoms. The lowest BCUT2D eigenvalue weighted by molar-refractivity contribution is 0.323. The van der Waals surface area contributed by atoms with Crippen molar-refractivity contribution in [1.29, 1.82) is 0 Å². The maximum absolute atomic E-state index is 3.43. The van der Waals surface area contributed by atoms with E-state index < -0.39 is 0 Å². The quantitative estimate of drug-likeness (QED) is 0.715. The van der Waals surface area contributed by atoms with E-state index in [0.717, 1.165) is 6.54 Å². The lowest BCUT2D eigenvalue weighted by Gasteiger charge is -2.29. The van der Waals surface area contributed by atoms with Crippen LogP contribution >= 0.6 is 0 Å². The maximum Gasteiger partial charge on any atom is 0.0573 e. The summed E-state index contributed by atoms with van der Waals surface area (Å²) in [6.45, 7) is 9.76. The Labute approximate surface area is 81.3 Å². The Balaban J connectivity index is 2.51. The summed E-state index contributed by atoms with van der Waals surface area (Å²) in [5, 5.41) is 3.43. The van der Waals surface area contributed by atoms with Crippen LogP contribution in [0.2, 0.25) is 0 Å². The molecule has 0 saturated heterocycles. The van der Waals surface area contributed by atoms with E-state index in [1.807, 2.05) is 0 Å². The van der Waals surface area contributed by atoms with Gasteiger partial charge in [-0.2, -0.15) is 0 Å². The van der Waals surface area contributed by atoms with Crippen molar-refractivity contribution in [3.63, 3.8) is 0 Å². The molecule has 0 unspecified atom stereocenters. The molecule has 0 aromatic carbocycles. The Hall–Kier alpha value is -0.920. The Morgan fingerprint density at radius 2 is 2.00 bits per heavy atom. The predicted molar refractivity (Wildman–Crippen MR) is 57.3 cm³/mol. The minimum absolute atomic E-state index is 0.520. The minimum atomic E-state index is 0.520. The van der Waals surface area contributed by atoms with Crippen molar-refractivity contribution in [3.05, 3.63) is 24.0 Å². The Morgan fingerprint density at radius 3 is 2.54 bits per heavy atom. The fourth-order valence-electron chi connectivity index (χ4n) is 1.39. The summed E-state index contributed by atoms with van der Waals surface area (Å²) in [7, 11) is 0. The fraction of sp³-hybridized carbons (Fsp3) is 0.636. The summed E-state index contributed by atoms with van der Waals surface area (Å²) in [5.74, 6) is 0. The molecule has 0 aromatic rings. The molecule has 0 amide bonds. The van der Waals surface area contributed by atoms with Gasteiger partial charge >= 0.3 is 0 Å². The number of nitrogens with zero attached hydrogens (tertiary/aromatic N) is 1. The Kier molecular flexibility index (Phi) is 3.40. The van der Waals surface area contributed by atoms with Crippen molar-refractivity contribution >= 4 is 0 Å². The van der Waals surface area contributed by atoms with Crippen molar-refractivity contribution in [1.82, 2.24) is 10.2 Å². The topological polar surface area (TPSA) is 15.3 Å². The van der Waals surface area contributed by atoms with Crippen molar-refractivity contribution < 1.29 is 0 Å². The van der Waals surface area contributed by atoms with Crippen molar-refractivity contribution in [2.24, 2.45) is 0 Å². The molecule has 2 nitrogen and oxygen atoms in total. The minimum Gasteiger partial charge on any atom is -0.385 e. The van der Waals surface area contributed by atoms with Crippen LogP contribution in [0, 0.1) is 0 Å². The molecule has 13 heavy (non-hydrogen) atoms. The van der Waals surface area contributed by atoms with Gasteiger partial charge in [-0.05, 0) is 46.0 Å². The summed E-state index contributed by atoms with van der Waals surface area (Å²) in [6, 6.07) is 1.10. The molecular formula is C11H20N2. The van der Waals surface area contributed by atoms with Gasteiger partial charge in [0.2, 0.25) is 0 Å². The second kappa shape index (κ2) is 4.35. The van der Waals surface area contributed by atoms with Crippen molar-refractivity contribution in [2.75, 3.05) is 6.54 Å². The van der Waals surface area contributed by atoms with E-state index in [1.165, 1.54) is 5.70 Å². The van der Waals surface area contributed by atoms with Crippen molar-refractivity contribution in [2.45, 2.75) is 39.8 Å². The predicted octanol–water partition coefficient (Wildman–Crippen LogP) is 2.11. The second-order valence-electron chi connectivity index (χ2n) is 4.10. The van der Waals surface area contributed by atoms with Gasteiger partial charge in [-0.1, -0.05) is 0 Å². The number of allylic oxidation sites excluding steroid dienone is 2. The average Bonchev–Trinajstić information content (AvgIpc) is 2.03. The van der Waals surface area contributed by atoms with Gasteiger partial charge in [-0.15, -0.1) is 0 Å². The number of rotatable bonds is 3. The molecule has 1 aliphatic rings. The average molecular weight is 180 g/mol. The van der Waals surface area contributed by atoms with E-state index >= 15 is 0 Å². The molecular weight excluding hydrogens is 160 g/mol. The van der Waals surface area contributed by atoms with Gasteiger partial charge < -0.3 is 10.2 Å². The summed E-state index contributed by atoms with van der Waals surface area (Å²) in [5.41, 5.74) is 1.31. The van der Waals surface area contributed by atoms with Gasteiger partial charge in [-0.3, -0.25) is 0 Å². The lowest BCUT2D eigenvalue weighted by Crippen LogP contribution is -2.35. The normalized spacial score (nSPS) is 16.8. The van der Waals surface area contributed by atoms with Gasteiger partial charge in [0.1, 0.15) is 0 Å². The van der Waals surface area contributed by atoms with E-state index in [-0.39, 0.29) is 0 Å². The maximum atomic E-state index is 3.43. The lowest BCUT2D eigenvalue weighted by atomic mass is 10.2. The van der Waals surface area contributed by atoms with Crippen molar-refractivity contribution in [3.8, 4) is 0 Å². The highest BCUT2D eigenvalue weighted by Crippen LogP contribution is 2.08.